The first kappa shape index (κ1) is 24.1. The number of sulfonamides is 1. The summed E-state index contributed by atoms with van der Waals surface area (Å²) < 4.78 is 42.1. The Kier molecular flexibility index (Phi) is 6.85. The number of halogens is 1. The molecule has 11 heteroatoms. The molecular weight excluding hydrogens is 463 g/mol. The van der Waals surface area contributed by atoms with Gasteiger partial charge in [-0.25, -0.2) is 12.8 Å². The number of carbonyl (C=O) groups excluding carboxylic acids is 1. The molecule has 9 nitrogen and oxygen atoms in total. The molecule has 0 aliphatic carbocycles. The molecule has 2 aliphatic rings. The molecule has 2 fully saturated rings. The van der Waals surface area contributed by atoms with E-state index in [4.69, 9.17) is 0 Å². The first-order valence-corrected chi connectivity index (χ1v) is 12.7. The molecule has 2 heterocycles. The maximum atomic E-state index is 14.6. The molecule has 2 aromatic rings. The number of rotatable bonds is 6. The van der Waals surface area contributed by atoms with Gasteiger partial charge in [-0.2, -0.15) is 4.31 Å². The van der Waals surface area contributed by atoms with Crippen molar-refractivity contribution in [2.45, 2.75) is 37.5 Å². The fraction of sp³-hybridized carbons (Fsp3) is 0.435. The maximum absolute atomic E-state index is 14.6. The van der Waals surface area contributed by atoms with Crippen LogP contribution in [0.5, 0.6) is 0 Å². The monoisotopic (exact) mass is 490 g/mol. The number of hydrogen-bond acceptors (Lipinski definition) is 6. The molecule has 34 heavy (non-hydrogen) atoms. The number of nitrogens with one attached hydrogen (secondary N) is 1. The zero-order chi connectivity index (χ0) is 24.5. The summed E-state index contributed by atoms with van der Waals surface area (Å²) >= 11 is 0. The highest BCUT2D eigenvalue weighted by atomic mass is 32.2. The number of nitrogens with zero attached hydrogens (tertiary/aromatic N) is 3. The normalized spacial score (nSPS) is 17.6. The second kappa shape index (κ2) is 9.67. The van der Waals surface area contributed by atoms with Gasteiger partial charge in [0.05, 0.1) is 15.5 Å². The van der Waals surface area contributed by atoms with Gasteiger partial charge in [-0.3, -0.25) is 14.9 Å². The minimum absolute atomic E-state index is 0.0960. The second-order valence-electron chi connectivity index (χ2n) is 8.70. The number of aryl methyl sites for hydroxylation is 1. The molecule has 2 aromatic carbocycles. The number of anilines is 2. The number of amides is 1. The van der Waals surface area contributed by atoms with Crippen molar-refractivity contribution in [1.29, 1.82) is 0 Å². The predicted octanol–water partition coefficient (Wildman–Crippen LogP) is 3.68. The molecule has 0 saturated carbocycles. The molecule has 0 bridgehead atoms. The van der Waals surface area contributed by atoms with E-state index < -0.39 is 26.7 Å². The third-order valence-corrected chi connectivity index (χ3v) is 8.55. The lowest BCUT2D eigenvalue weighted by Gasteiger charge is -2.31. The Bertz CT molecular complexity index is 1210. The number of nitro benzene ring substituents is 1. The number of benzene rings is 2. The van der Waals surface area contributed by atoms with Crippen LogP contribution in [-0.2, 0) is 14.8 Å². The van der Waals surface area contributed by atoms with Crippen LogP contribution in [0.4, 0.5) is 21.5 Å². The molecule has 4 rings (SSSR count). The van der Waals surface area contributed by atoms with E-state index in [0.717, 1.165) is 32.0 Å². The van der Waals surface area contributed by atoms with E-state index in [1.807, 2.05) is 0 Å². The average molecular weight is 491 g/mol. The van der Waals surface area contributed by atoms with E-state index in [1.54, 1.807) is 19.1 Å². The first-order chi connectivity index (χ1) is 16.2. The molecular formula is C23H27FN4O5S. The molecule has 1 amide bonds. The smallest absolute Gasteiger partial charge is 0.270 e. The lowest BCUT2D eigenvalue weighted by atomic mass is 9.97. The van der Waals surface area contributed by atoms with Crippen LogP contribution in [0.15, 0.2) is 41.3 Å². The third-order valence-electron chi connectivity index (χ3n) is 6.51. The highest BCUT2D eigenvalue weighted by Crippen LogP contribution is 2.33. The Morgan fingerprint density at radius 3 is 2.44 bits per heavy atom. The van der Waals surface area contributed by atoms with E-state index in [-0.39, 0.29) is 48.1 Å². The highest BCUT2D eigenvalue weighted by Gasteiger charge is 2.34. The number of non-ortho nitro benzene ring substituents is 1. The van der Waals surface area contributed by atoms with Crippen molar-refractivity contribution in [2.75, 3.05) is 36.4 Å². The van der Waals surface area contributed by atoms with Crippen molar-refractivity contribution in [3.8, 4) is 0 Å². The summed E-state index contributed by atoms with van der Waals surface area (Å²) in [6, 6.07) is 8.48. The number of carbonyl (C=O) groups is 1. The van der Waals surface area contributed by atoms with Gasteiger partial charge >= 0.3 is 0 Å². The molecule has 0 atom stereocenters. The molecule has 182 valence electrons. The van der Waals surface area contributed by atoms with E-state index in [2.05, 4.69) is 10.2 Å². The van der Waals surface area contributed by atoms with Crippen LogP contribution in [0.1, 0.15) is 31.2 Å². The molecule has 0 unspecified atom stereocenters. The molecule has 0 spiro atoms. The lowest BCUT2D eigenvalue weighted by Crippen LogP contribution is -2.41. The quantitative estimate of drug-likeness (QED) is 0.488. The zero-order valence-corrected chi connectivity index (χ0v) is 19.7. The van der Waals surface area contributed by atoms with Crippen LogP contribution in [0, 0.1) is 28.8 Å². The number of hydrogen-bond donors (Lipinski definition) is 1. The van der Waals surface area contributed by atoms with Gasteiger partial charge in [0.1, 0.15) is 11.5 Å². The summed E-state index contributed by atoms with van der Waals surface area (Å²) in [6.07, 6.45) is 2.57. The molecule has 0 radical (unpaired) electrons. The van der Waals surface area contributed by atoms with Gasteiger partial charge in [0, 0.05) is 44.2 Å². The summed E-state index contributed by atoms with van der Waals surface area (Å²) in [5.74, 6) is -1.31. The predicted molar refractivity (Wildman–Crippen MR) is 126 cm³/mol. The molecule has 2 aliphatic heterocycles. The SMILES string of the molecule is Cc1ccc([N+](=O)[O-])cc1S(=O)(=O)N1CCC(C(=O)Nc2c(F)cccc2N2CCCC2)CC1. The molecule has 2 saturated heterocycles. The fourth-order valence-electron chi connectivity index (χ4n) is 4.56. The summed E-state index contributed by atoms with van der Waals surface area (Å²) in [6.45, 7) is 3.39. The van der Waals surface area contributed by atoms with Gasteiger partial charge < -0.3 is 10.2 Å². The second-order valence-corrected chi connectivity index (χ2v) is 10.6. The van der Waals surface area contributed by atoms with E-state index in [9.17, 15) is 27.7 Å². The fourth-order valence-corrected chi connectivity index (χ4v) is 6.28. The van der Waals surface area contributed by atoms with Crippen molar-refractivity contribution in [2.24, 2.45) is 5.92 Å². The van der Waals surface area contributed by atoms with Crippen molar-refractivity contribution in [3.05, 3.63) is 57.9 Å². The van der Waals surface area contributed by atoms with Gasteiger partial charge in [0.15, 0.2) is 0 Å². The largest absolute Gasteiger partial charge is 0.370 e. The Morgan fingerprint density at radius 2 is 1.79 bits per heavy atom. The standard InChI is InChI=1S/C23H27FN4O5S/c1-16-7-8-18(28(30)31)15-21(16)34(32,33)27-13-9-17(10-14-27)23(29)25-22-19(24)5-4-6-20(22)26-11-2-3-12-26/h4-8,15,17H,2-3,9-14H2,1H3,(H,25,29). The minimum Gasteiger partial charge on any atom is -0.370 e. The van der Waals surface area contributed by atoms with E-state index >= 15 is 0 Å². The zero-order valence-electron chi connectivity index (χ0n) is 18.9. The van der Waals surface area contributed by atoms with Crippen molar-refractivity contribution in [3.63, 3.8) is 0 Å². The number of para-hydroxylation sites is 1. The van der Waals surface area contributed by atoms with E-state index in [0.29, 0.717) is 11.3 Å². The van der Waals surface area contributed by atoms with Crippen molar-refractivity contribution in [1.82, 2.24) is 4.31 Å². The third kappa shape index (κ3) is 4.76. The summed E-state index contributed by atoms with van der Waals surface area (Å²) in [5.41, 5.74) is 0.945. The summed E-state index contributed by atoms with van der Waals surface area (Å²) in [5, 5.41) is 13.8. The van der Waals surface area contributed by atoms with Crippen molar-refractivity contribution < 1.29 is 22.5 Å². The first-order valence-electron chi connectivity index (χ1n) is 11.3. The Balaban J connectivity index is 1.45. The Hall–Kier alpha value is -3.05. The van der Waals surface area contributed by atoms with Crippen LogP contribution >= 0.6 is 0 Å². The molecule has 1 N–H and O–H groups in total. The van der Waals surface area contributed by atoms with Gasteiger partial charge in [-0.15, -0.1) is 0 Å². The van der Waals surface area contributed by atoms with Crippen LogP contribution < -0.4 is 10.2 Å². The van der Waals surface area contributed by atoms with Crippen LogP contribution in [0.2, 0.25) is 0 Å². The minimum atomic E-state index is -3.95. The van der Waals surface area contributed by atoms with Gasteiger partial charge in [0.25, 0.3) is 5.69 Å². The maximum Gasteiger partial charge on any atom is 0.270 e. The van der Waals surface area contributed by atoms with E-state index in [1.165, 1.54) is 22.5 Å². The lowest BCUT2D eigenvalue weighted by molar-refractivity contribution is -0.385. The summed E-state index contributed by atoms with van der Waals surface area (Å²) in [7, 11) is -3.95. The van der Waals surface area contributed by atoms with Crippen LogP contribution in [-0.4, -0.2) is 49.7 Å². The number of piperidine rings is 1. The van der Waals surface area contributed by atoms with Crippen LogP contribution in [0.3, 0.4) is 0 Å². The van der Waals surface area contributed by atoms with Gasteiger partial charge in [0.2, 0.25) is 15.9 Å². The Morgan fingerprint density at radius 1 is 1.12 bits per heavy atom. The number of nitro groups is 1. The Labute approximate surface area is 197 Å². The van der Waals surface area contributed by atoms with Crippen LogP contribution in [0.25, 0.3) is 0 Å². The van der Waals surface area contributed by atoms with Crippen molar-refractivity contribution >= 4 is 33.0 Å². The average Bonchev–Trinajstić information content (AvgIpc) is 3.35. The van der Waals surface area contributed by atoms with Gasteiger partial charge in [-0.1, -0.05) is 12.1 Å². The molecule has 0 aromatic heterocycles. The topological polar surface area (TPSA) is 113 Å². The van der Waals surface area contributed by atoms with Gasteiger partial charge in [-0.05, 0) is 50.3 Å². The summed E-state index contributed by atoms with van der Waals surface area (Å²) in [4.78, 5) is 25.4. The highest BCUT2D eigenvalue weighted by molar-refractivity contribution is 7.89.